The summed E-state index contributed by atoms with van der Waals surface area (Å²) in [5.74, 6) is 0.106. The fourth-order valence-electron chi connectivity index (χ4n) is 3.03. The highest BCUT2D eigenvalue weighted by atomic mass is 32.1. The number of likely N-dealkylation sites (tertiary alicyclic amines) is 1. The van der Waals surface area contributed by atoms with Crippen LogP contribution in [-0.4, -0.2) is 27.3 Å². The van der Waals surface area contributed by atoms with E-state index in [-0.39, 0.29) is 11.9 Å². The van der Waals surface area contributed by atoms with Crippen LogP contribution in [0.3, 0.4) is 0 Å². The molecule has 4 nitrogen and oxygen atoms in total. The first kappa shape index (κ1) is 13.4. The van der Waals surface area contributed by atoms with Crippen LogP contribution in [0.4, 0.5) is 0 Å². The van der Waals surface area contributed by atoms with Gasteiger partial charge < -0.3 is 4.90 Å². The number of hydrogen-bond acceptors (Lipinski definition) is 4. The number of carbonyl (C=O) groups is 1. The molecule has 0 N–H and O–H groups in total. The summed E-state index contributed by atoms with van der Waals surface area (Å²) in [5, 5.41) is 1.13. The quantitative estimate of drug-likeness (QED) is 0.725. The topological polar surface area (TPSA) is 46.1 Å². The van der Waals surface area contributed by atoms with Crippen LogP contribution in [-0.2, 0) is 0 Å². The average molecular weight is 309 g/mol. The lowest BCUT2D eigenvalue weighted by Gasteiger charge is -2.23. The van der Waals surface area contributed by atoms with Crippen molar-refractivity contribution in [2.75, 3.05) is 6.54 Å². The van der Waals surface area contributed by atoms with Gasteiger partial charge in [-0.05, 0) is 30.4 Å². The molecule has 3 aromatic rings. The molecule has 2 aromatic heterocycles. The van der Waals surface area contributed by atoms with Crippen LogP contribution in [0.5, 0.6) is 0 Å². The monoisotopic (exact) mass is 309 g/mol. The van der Waals surface area contributed by atoms with Crippen molar-refractivity contribution in [2.45, 2.75) is 18.9 Å². The zero-order valence-corrected chi connectivity index (χ0v) is 12.8. The third-order valence-electron chi connectivity index (χ3n) is 4.07. The van der Waals surface area contributed by atoms with E-state index in [4.69, 9.17) is 0 Å². The molecule has 1 saturated heterocycles. The standard InChI is InChI=1S/C17H15N3OS/c21-17(16-10-12-4-1-2-6-15(12)22-16)20-9-3-5-14(20)13-11-18-7-8-19-13/h1-2,4,6-8,10-11,14H,3,5,9H2/t14-/m1/s1. The summed E-state index contributed by atoms with van der Waals surface area (Å²) in [7, 11) is 0. The molecule has 110 valence electrons. The minimum Gasteiger partial charge on any atom is -0.329 e. The predicted octanol–water partition coefficient (Wildman–Crippen LogP) is 3.67. The number of aromatic nitrogens is 2. The second-order valence-electron chi connectivity index (χ2n) is 5.44. The molecule has 0 spiro atoms. The van der Waals surface area contributed by atoms with Crippen LogP contribution >= 0.6 is 11.3 Å². The number of rotatable bonds is 2. The van der Waals surface area contributed by atoms with Crippen LogP contribution in [0.2, 0.25) is 0 Å². The van der Waals surface area contributed by atoms with Crippen LogP contribution < -0.4 is 0 Å². The Morgan fingerprint density at radius 3 is 3.00 bits per heavy atom. The minimum atomic E-state index is 0.0476. The van der Waals surface area contributed by atoms with Gasteiger partial charge in [-0.15, -0.1) is 11.3 Å². The number of carbonyl (C=O) groups excluding carboxylic acids is 1. The Balaban J connectivity index is 1.66. The number of thiophene rings is 1. The third-order valence-corrected chi connectivity index (χ3v) is 5.18. The Hall–Kier alpha value is -2.27. The predicted molar refractivity (Wildman–Crippen MR) is 86.9 cm³/mol. The van der Waals surface area contributed by atoms with Crippen molar-refractivity contribution in [3.05, 3.63) is 59.5 Å². The van der Waals surface area contributed by atoms with Crippen molar-refractivity contribution in [3.8, 4) is 0 Å². The Morgan fingerprint density at radius 2 is 2.18 bits per heavy atom. The molecule has 1 aromatic carbocycles. The van der Waals surface area contributed by atoms with Crippen LogP contribution in [0.1, 0.15) is 34.2 Å². The Labute approximate surface area is 132 Å². The van der Waals surface area contributed by atoms with Gasteiger partial charge in [-0.3, -0.25) is 14.8 Å². The van der Waals surface area contributed by atoms with Crippen molar-refractivity contribution < 1.29 is 4.79 Å². The maximum absolute atomic E-state index is 12.9. The van der Waals surface area contributed by atoms with E-state index >= 15 is 0 Å². The second-order valence-corrected chi connectivity index (χ2v) is 6.52. The van der Waals surface area contributed by atoms with Gasteiger partial charge in [0.15, 0.2) is 0 Å². The van der Waals surface area contributed by atoms with E-state index in [2.05, 4.69) is 16.0 Å². The van der Waals surface area contributed by atoms with Gasteiger partial charge in [0, 0.05) is 23.6 Å². The summed E-state index contributed by atoms with van der Waals surface area (Å²) >= 11 is 1.56. The molecule has 0 unspecified atom stereocenters. The summed E-state index contributed by atoms with van der Waals surface area (Å²) in [4.78, 5) is 24.1. The van der Waals surface area contributed by atoms with Gasteiger partial charge in [-0.1, -0.05) is 18.2 Å². The zero-order valence-electron chi connectivity index (χ0n) is 12.0. The molecular formula is C17H15N3OS. The summed E-state index contributed by atoms with van der Waals surface area (Å²) in [6.45, 7) is 0.786. The van der Waals surface area contributed by atoms with Gasteiger partial charge in [0.05, 0.1) is 22.8 Å². The van der Waals surface area contributed by atoms with Gasteiger partial charge in [0.25, 0.3) is 5.91 Å². The lowest BCUT2D eigenvalue weighted by atomic mass is 10.1. The van der Waals surface area contributed by atoms with E-state index in [1.165, 1.54) is 0 Å². The maximum atomic E-state index is 12.9. The molecule has 1 aliphatic rings. The maximum Gasteiger partial charge on any atom is 0.264 e. The molecule has 1 aliphatic heterocycles. The Bertz CT molecular complexity index is 782. The fraction of sp³-hybridized carbons (Fsp3) is 0.235. The average Bonchev–Trinajstić information content (AvgIpc) is 3.21. The SMILES string of the molecule is O=C(c1cc2ccccc2s1)N1CCC[C@@H]1c1cnccn1. The van der Waals surface area contributed by atoms with Crippen molar-refractivity contribution in [3.63, 3.8) is 0 Å². The lowest BCUT2D eigenvalue weighted by molar-refractivity contribution is 0.0737. The summed E-state index contributed by atoms with van der Waals surface area (Å²) in [6, 6.07) is 10.2. The molecule has 5 heteroatoms. The number of amides is 1. The van der Waals surface area contributed by atoms with Gasteiger partial charge in [-0.2, -0.15) is 0 Å². The first-order valence-electron chi connectivity index (χ1n) is 7.38. The zero-order chi connectivity index (χ0) is 14.9. The van der Waals surface area contributed by atoms with E-state index < -0.39 is 0 Å². The van der Waals surface area contributed by atoms with E-state index in [1.807, 2.05) is 29.2 Å². The molecule has 0 radical (unpaired) electrons. The summed E-state index contributed by atoms with van der Waals surface area (Å²) in [5.41, 5.74) is 0.884. The normalized spacial score (nSPS) is 18.0. The van der Waals surface area contributed by atoms with E-state index in [0.29, 0.717) is 0 Å². The Kier molecular flexibility index (Phi) is 3.35. The van der Waals surface area contributed by atoms with Gasteiger partial charge in [0.2, 0.25) is 0 Å². The molecule has 22 heavy (non-hydrogen) atoms. The summed E-state index contributed by atoms with van der Waals surface area (Å²) in [6.07, 6.45) is 7.08. The van der Waals surface area contributed by atoms with Crippen molar-refractivity contribution in [1.29, 1.82) is 0 Å². The first-order valence-corrected chi connectivity index (χ1v) is 8.20. The number of hydrogen-bond donors (Lipinski definition) is 0. The highest BCUT2D eigenvalue weighted by Gasteiger charge is 2.32. The first-order chi connectivity index (χ1) is 10.8. The molecule has 4 rings (SSSR count). The Morgan fingerprint density at radius 1 is 1.27 bits per heavy atom. The largest absolute Gasteiger partial charge is 0.329 e. The third kappa shape index (κ3) is 2.27. The van der Waals surface area contributed by atoms with Gasteiger partial charge in [0.1, 0.15) is 0 Å². The smallest absolute Gasteiger partial charge is 0.264 e. The molecule has 1 atom stereocenters. The molecule has 1 fully saturated rings. The van der Waals surface area contributed by atoms with Crippen LogP contribution in [0.25, 0.3) is 10.1 Å². The van der Waals surface area contributed by atoms with Crippen molar-refractivity contribution in [1.82, 2.24) is 14.9 Å². The second kappa shape index (κ2) is 5.50. The number of nitrogens with zero attached hydrogens (tertiary/aromatic N) is 3. The molecular weight excluding hydrogens is 294 g/mol. The fourth-order valence-corrected chi connectivity index (χ4v) is 4.05. The minimum absolute atomic E-state index is 0.0476. The lowest BCUT2D eigenvalue weighted by Crippen LogP contribution is -2.30. The van der Waals surface area contributed by atoms with Crippen LogP contribution in [0, 0.1) is 0 Å². The molecule has 0 saturated carbocycles. The molecule has 0 aliphatic carbocycles. The van der Waals surface area contributed by atoms with E-state index in [1.54, 1.807) is 29.9 Å². The summed E-state index contributed by atoms with van der Waals surface area (Å²) < 4.78 is 1.15. The van der Waals surface area contributed by atoms with Gasteiger partial charge in [-0.25, -0.2) is 0 Å². The molecule has 0 bridgehead atoms. The van der Waals surface area contributed by atoms with E-state index in [0.717, 1.165) is 40.0 Å². The van der Waals surface area contributed by atoms with Crippen molar-refractivity contribution >= 4 is 27.3 Å². The highest BCUT2D eigenvalue weighted by molar-refractivity contribution is 7.20. The highest BCUT2D eigenvalue weighted by Crippen LogP contribution is 2.34. The number of fused-ring (bicyclic) bond motifs is 1. The molecule has 1 amide bonds. The van der Waals surface area contributed by atoms with Gasteiger partial charge >= 0.3 is 0 Å². The molecule has 3 heterocycles. The number of benzene rings is 1. The van der Waals surface area contributed by atoms with Crippen LogP contribution in [0.15, 0.2) is 48.9 Å². The van der Waals surface area contributed by atoms with E-state index in [9.17, 15) is 4.79 Å². The van der Waals surface area contributed by atoms with Crippen molar-refractivity contribution in [2.24, 2.45) is 0 Å².